The topological polar surface area (TPSA) is 92.7 Å². The highest BCUT2D eigenvalue weighted by molar-refractivity contribution is 5.88. The molecule has 100 valence electrons. The first-order valence-electron chi connectivity index (χ1n) is 5.79. The van der Waals surface area contributed by atoms with Crippen LogP contribution in [0, 0.1) is 5.92 Å². The monoisotopic (exact) mass is 255 g/mol. The van der Waals surface area contributed by atoms with Gasteiger partial charge in [-0.15, -0.1) is 0 Å². The van der Waals surface area contributed by atoms with Crippen LogP contribution < -0.4 is 5.32 Å². The van der Waals surface area contributed by atoms with E-state index in [-0.39, 0.29) is 18.2 Å². The Morgan fingerprint density at radius 1 is 1.44 bits per heavy atom. The summed E-state index contributed by atoms with van der Waals surface area (Å²) in [5, 5.41) is 11.3. The fraction of sp³-hybridized carbons (Fsp3) is 0.583. The number of amides is 1. The fourth-order valence-corrected chi connectivity index (χ4v) is 1.77. The van der Waals surface area contributed by atoms with Gasteiger partial charge >= 0.3 is 11.9 Å². The van der Waals surface area contributed by atoms with Crippen LogP contribution in [0.25, 0.3) is 0 Å². The number of rotatable bonds is 5. The van der Waals surface area contributed by atoms with Crippen LogP contribution in [0.3, 0.4) is 0 Å². The summed E-state index contributed by atoms with van der Waals surface area (Å²) in [6, 6.07) is -1.23. The van der Waals surface area contributed by atoms with E-state index < -0.39 is 18.0 Å². The normalized spacial score (nSPS) is 19.9. The van der Waals surface area contributed by atoms with Crippen molar-refractivity contribution in [3.63, 3.8) is 0 Å². The Balaban J connectivity index is 2.54. The molecule has 2 atom stereocenters. The number of aliphatic carboxylic acids is 1. The van der Waals surface area contributed by atoms with Gasteiger partial charge in [-0.3, -0.25) is 9.59 Å². The highest BCUT2D eigenvalue weighted by Crippen LogP contribution is 2.18. The van der Waals surface area contributed by atoms with Crippen LogP contribution in [-0.4, -0.2) is 36.1 Å². The van der Waals surface area contributed by atoms with E-state index in [2.05, 4.69) is 10.1 Å². The molecule has 0 spiro atoms. The molecule has 1 unspecified atom stereocenters. The molecule has 0 aliphatic heterocycles. The van der Waals surface area contributed by atoms with E-state index in [4.69, 9.17) is 5.11 Å². The first-order valence-corrected chi connectivity index (χ1v) is 5.79. The van der Waals surface area contributed by atoms with Gasteiger partial charge in [-0.05, 0) is 19.3 Å². The summed E-state index contributed by atoms with van der Waals surface area (Å²) in [7, 11) is 1.18. The molecule has 0 fully saturated rings. The Labute approximate surface area is 105 Å². The van der Waals surface area contributed by atoms with Gasteiger partial charge in [0, 0.05) is 5.92 Å². The molecule has 0 saturated carbocycles. The molecule has 0 bridgehead atoms. The Kier molecular flexibility index (Phi) is 5.35. The number of nitrogens with one attached hydrogen (secondary N) is 1. The number of ether oxygens (including phenoxy) is 1. The summed E-state index contributed by atoms with van der Waals surface area (Å²) in [5.41, 5.74) is 0. The lowest BCUT2D eigenvalue weighted by Gasteiger charge is -2.20. The number of carboxylic acids is 1. The second-order valence-electron chi connectivity index (χ2n) is 4.16. The van der Waals surface area contributed by atoms with Gasteiger partial charge in [-0.25, -0.2) is 4.79 Å². The van der Waals surface area contributed by atoms with Crippen molar-refractivity contribution in [1.82, 2.24) is 5.32 Å². The molecule has 0 aromatic rings. The lowest BCUT2D eigenvalue weighted by atomic mass is 9.93. The van der Waals surface area contributed by atoms with Crippen LogP contribution in [-0.2, 0) is 19.1 Å². The highest BCUT2D eigenvalue weighted by Gasteiger charge is 2.27. The minimum atomic E-state index is -1.24. The smallest absolute Gasteiger partial charge is 0.326 e. The summed E-state index contributed by atoms with van der Waals surface area (Å²) in [6.45, 7) is 0. The Morgan fingerprint density at radius 3 is 2.67 bits per heavy atom. The van der Waals surface area contributed by atoms with Crippen LogP contribution in [0.4, 0.5) is 0 Å². The van der Waals surface area contributed by atoms with Crippen molar-refractivity contribution in [1.29, 1.82) is 0 Å². The third-order valence-corrected chi connectivity index (χ3v) is 2.85. The predicted octanol–water partition coefficient (Wildman–Crippen LogP) is 0.475. The van der Waals surface area contributed by atoms with Crippen molar-refractivity contribution in [2.75, 3.05) is 7.11 Å². The summed E-state index contributed by atoms with van der Waals surface area (Å²) in [6.07, 6.45) is 5.66. The molecular weight excluding hydrogens is 238 g/mol. The molecule has 1 aliphatic rings. The molecule has 0 heterocycles. The molecule has 1 rings (SSSR count). The maximum atomic E-state index is 11.8. The number of carbonyl (C=O) groups is 3. The number of esters is 1. The van der Waals surface area contributed by atoms with E-state index in [1.54, 1.807) is 0 Å². The number of methoxy groups -OCH3 is 1. The van der Waals surface area contributed by atoms with Crippen molar-refractivity contribution in [2.45, 2.75) is 31.7 Å². The number of carbonyl (C=O) groups excluding carboxylic acids is 2. The minimum absolute atomic E-state index is 0.213. The molecule has 2 N–H and O–H groups in total. The quantitative estimate of drug-likeness (QED) is 0.550. The second kappa shape index (κ2) is 6.78. The molecular formula is C12H17NO5. The largest absolute Gasteiger partial charge is 0.480 e. The number of allylic oxidation sites excluding steroid dienone is 2. The lowest BCUT2D eigenvalue weighted by Crippen LogP contribution is -2.45. The van der Waals surface area contributed by atoms with Crippen molar-refractivity contribution in [3.05, 3.63) is 12.2 Å². The maximum Gasteiger partial charge on any atom is 0.326 e. The van der Waals surface area contributed by atoms with Crippen molar-refractivity contribution < 1.29 is 24.2 Å². The van der Waals surface area contributed by atoms with Gasteiger partial charge < -0.3 is 15.2 Å². The van der Waals surface area contributed by atoms with Gasteiger partial charge in [0.2, 0.25) is 5.91 Å². The van der Waals surface area contributed by atoms with Gasteiger partial charge in [0.05, 0.1) is 13.5 Å². The van der Waals surface area contributed by atoms with Crippen LogP contribution >= 0.6 is 0 Å². The third kappa shape index (κ3) is 4.20. The zero-order chi connectivity index (χ0) is 13.5. The maximum absolute atomic E-state index is 11.8. The van der Waals surface area contributed by atoms with E-state index in [0.717, 1.165) is 6.42 Å². The molecule has 1 aliphatic carbocycles. The minimum Gasteiger partial charge on any atom is -0.480 e. The van der Waals surface area contributed by atoms with E-state index in [0.29, 0.717) is 12.8 Å². The average Bonchev–Trinajstić information content (AvgIpc) is 2.38. The SMILES string of the molecule is COC(=O)C[C@H](NC(=O)C1CC=CCC1)C(=O)O. The van der Waals surface area contributed by atoms with Crippen molar-refractivity contribution >= 4 is 17.8 Å². The summed E-state index contributed by atoms with van der Waals surface area (Å²) in [4.78, 5) is 33.8. The van der Waals surface area contributed by atoms with Crippen LogP contribution in [0.1, 0.15) is 25.7 Å². The Bertz CT molecular complexity index is 363. The molecule has 0 radical (unpaired) electrons. The van der Waals surface area contributed by atoms with E-state index in [9.17, 15) is 14.4 Å². The van der Waals surface area contributed by atoms with E-state index in [1.165, 1.54) is 7.11 Å². The summed E-state index contributed by atoms with van der Waals surface area (Å²) < 4.78 is 4.39. The number of hydrogen-bond donors (Lipinski definition) is 2. The molecule has 0 aromatic carbocycles. The molecule has 6 nitrogen and oxygen atoms in total. The zero-order valence-corrected chi connectivity index (χ0v) is 10.2. The van der Waals surface area contributed by atoms with Gasteiger partial charge in [-0.1, -0.05) is 12.2 Å². The summed E-state index contributed by atoms with van der Waals surface area (Å²) >= 11 is 0. The van der Waals surface area contributed by atoms with Crippen LogP contribution in [0.2, 0.25) is 0 Å². The number of carboxylic acid groups (broad SMARTS) is 1. The fourth-order valence-electron chi connectivity index (χ4n) is 1.77. The Morgan fingerprint density at radius 2 is 2.17 bits per heavy atom. The van der Waals surface area contributed by atoms with Gasteiger partial charge in [0.25, 0.3) is 0 Å². The molecule has 18 heavy (non-hydrogen) atoms. The first kappa shape index (κ1) is 14.2. The van der Waals surface area contributed by atoms with E-state index in [1.807, 2.05) is 12.2 Å². The molecule has 6 heteroatoms. The molecule has 0 saturated heterocycles. The predicted molar refractivity (Wildman–Crippen MR) is 62.7 cm³/mol. The first-order chi connectivity index (χ1) is 8.54. The highest BCUT2D eigenvalue weighted by atomic mass is 16.5. The van der Waals surface area contributed by atoms with Crippen molar-refractivity contribution in [2.24, 2.45) is 5.92 Å². The second-order valence-corrected chi connectivity index (χ2v) is 4.16. The zero-order valence-electron chi connectivity index (χ0n) is 10.2. The van der Waals surface area contributed by atoms with Gasteiger partial charge in [0.15, 0.2) is 0 Å². The van der Waals surface area contributed by atoms with Gasteiger partial charge in [0.1, 0.15) is 6.04 Å². The summed E-state index contributed by atoms with van der Waals surface area (Å²) in [5.74, 6) is -2.43. The molecule has 1 amide bonds. The van der Waals surface area contributed by atoms with Crippen LogP contribution in [0.5, 0.6) is 0 Å². The average molecular weight is 255 g/mol. The van der Waals surface area contributed by atoms with Crippen LogP contribution in [0.15, 0.2) is 12.2 Å². The van der Waals surface area contributed by atoms with Crippen molar-refractivity contribution in [3.8, 4) is 0 Å². The Hall–Kier alpha value is -1.85. The van der Waals surface area contributed by atoms with Gasteiger partial charge in [-0.2, -0.15) is 0 Å². The van der Waals surface area contributed by atoms with E-state index >= 15 is 0 Å². The third-order valence-electron chi connectivity index (χ3n) is 2.85. The standard InChI is InChI=1S/C12H17NO5/c1-18-10(14)7-9(12(16)17)13-11(15)8-5-3-2-4-6-8/h2-3,8-9H,4-7H2,1H3,(H,13,15)(H,16,17)/t8?,9-/m0/s1. The lowest BCUT2D eigenvalue weighted by molar-refractivity contribution is -0.149. The number of hydrogen-bond acceptors (Lipinski definition) is 4. The molecule has 0 aromatic heterocycles.